The molecule has 1 aromatic heterocycles. The summed E-state index contributed by atoms with van der Waals surface area (Å²) in [7, 11) is 1.43. The molecule has 0 aliphatic carbocycles. The van der Waals surface area contributed by atoms with Crippen molar-refractivity contribution < 1.29 is 9.13 Å². The van der Waals surface area contributed by atoms with Crippen LogP contribution < -0.4 is 4.74 Å². The van der Waals surface area contributed by atoms with Crippen molar-refractivity contribution in [2.45, 2.75) is 0 Å². The monoisotopic (exact) mass is 236 g/mol. The molecule has 1 aromatic carbocycles. The highest BCUT2D eigenvalue weighted by Crippen LogP contribution is 2.27. The average molecular weight is 236 g/mol. The number of ether oxygens (including phenoxy) is 1. The molecule has 0 spiro atoms. The van der Waals surface area contributed by atoms with Gasteiger partial charge < -0.3 is 9.72 Å². The summed E-state index contributed by atoms with van der Waals surface area (Å²) in [4.78, 5) is 6.69. The first-order chi connectivity index (χ1) is 7.72. The van der Waals surface area contributed by atoms with Gasteiger partial charge in [-0.05, 0) is 18.2 Å². The Morgan fingerprint density at radius 1 is 1.44 bits per heavy atom. The number of nitrogens with zero attached hydrogens (tertiary/aromatic N) is 1. The second kappa shape index (κ2) is 4.40. The number of methoxy groups -OCH3 is 1. The van der Waals surface area contributed by atoms with Crippen LogP contribution in [0.25, 0.3) is 11.3 Å². The van der Waals surface area contributed by atoms with E-state index < -0.39 is 5.82 Å². The third kappa shape index (κ3) is 1.94. The Hall–Kier alpha value is -1.75. The maximum Gasteiger partial charge on any atom is 0.174 e. The summed E-state index contributed by atoms with van der Waals surface area (Å²) in [5, 5.41) is 0. The first-order valence-electron chi connectivity index (χ1n) is 4.60. The van der Waals surface area contributed by atoms with Crippen molar-refractivity contribution in [3.63, 3.8) is 0 Å². The van der Waals surface area contributed by atoms with Gasteiger partial charge in [0.05, 0.1) is 19.1 Å². The molecule has 2 rings (SSSR count). The maximum absolute atomic E-state index is 13.9. The molecule has 0 saturated heterocycles. The van der Waals surface area contributed by atoms with Gasteiger partial charge in [-0.25, -0.2) is 9.37 Å². The van der Waals surface area contributed by atoms with Crippen LogP contribution in [0.2, 0.25) is 0 Å². The van der Waals surface area contributed by atoms with Crippen LogP contribution in [0.1, 0.15) is 0 Å². The highest BCUT2D eigenvalue weighted by molar-refractivity contribution is 7.71. The Morgan fingerprint density at radius 3 is 2.94 bits per heavy atom. The number of hydrogen-bond acceptors (Lipinski definition) is 3. The van der Waals surface area contributed by atoms with E-state index in [9.17, 15) is 4.39 Å². The van der Waals surface area contributed by atoms with Gasteiger partial charge in [-0.1, -0.05) is 18.3 Å². The van der Waals surface area contributed by atoms with E-state index >= 15 is 0 Å². The lowest BCUT2D eigenvalue weighted by molar-refractivity contribution is 0.387. The summed E-state index contributed by atoms with van der Waals surface area (Å²) < 4.78 is 19.2. The molecule has 0 radical (unpaired) electrons. The zero-order valence-electron chi connectivity index (χ0n) is 8.53. The Bertz CT molecular complexity index is 568. The van der Waals surface area contributed by atoms with Gasteiger partial charge in [0.2, 0.25) is 0 Å². The summed E-state index contributed by atoms with van der Waals surface area (Å²) in [6.45, 7) is 0. The fourth-order valence-electron chi connectivity index (χ4n) is 1.40. The molecule has 82 valence electrons. The first-order valence-corrected chi connectivity index (χ1v) is 5.01. The van der Waals surface area contributed by atoms with Crippen LogP contribution in [0.3, 0.4) is 0 Å². The van der Waals surface area contributed by atoms with Gasteiger partial charge in [-0.2, -0.15) is 0 Å². The average Bonchev–Trinajstić information content (AvgIpc) is 2.29. The molecule has 1 heterocycles. The van der Waals surface area contributed by atoms with Crippen molar-refractivity contribution in [2.24, 2.45) is 0 Å². The predicted molar refractivity (Wildman–Crippen MR) is 61.4 cm³/mol. The van der Waals surface area contributed by atoms with Crippen LogP contribution in [-0.4, -0.2) is 17.1 Å². The van der Waals surface area contributed by atoms with Crippen LogP contribution in [0.4, 0.5) is 4.39 Å². The lowest BCUT2D eigenvalue weighted by Gasteiger charge is -2.06. The molecule has 3 nitrogen and oxygen atoms in total. The molecule has 0 fully saturated rings. The van der Waals surface area contributed by atoms with E-state index in [0.29, 0.717) is 15.9 Å². The van der Waals surface area contributed by atoms with E-state index in [1.165, 1.54) is 13.4 Å². The smallest absolute Gasteiger partial charge is 0.174 e. The van der Waals surface area contributed by atoms with E-state index in [1.807, 2.05) is 0 Å². The Labute approximate surface area is 96.9 Å². The Morgan fingerprint density at radius 2 is 2.25 bits per heavy atom. The third-order valence-corrected chi connectivity index (χ3v) is 2.38. The predicted octanol–water partition coefficient (Wildman–Crippen LogP) is 2.95. The van der Waals surface area contributed by atoms with Crippen LogP contribution >= 0.6 is 12.2 Å². The molecule has 0 aliphatic rings. The van der Waals surface area contributed by atoms with Crippen LogP contribution in [-0.2, 0) is 0 Å². The normalized spacial score (nSPS) is 10.1. The molecule has 0 amide bonds. The van der Waals surface area contributed by atoms with Gasteiger partial charge in [0.15, 0.2) is 11.6 Å². The highest BCUT2D eigenvalue weighted by Gasteiger charge is 2.10. The number of nitrogens with one attached hydrogen (secondary N) is 1. The van der Waals surface area contributed by atoms with Crippen LogP contribution in [0.5, 0.6) is 5.75 Å². The topological polar surface area (TPSA) is 37.9 Å². The second-order valence-corrected chi connectivity index (χ2v) is 3.54. The lowest BCUT2D eigenvalue weighted by Crippen LogP contribution is -1.93. The Kier molecular flexibility index (Phi) is 2.96. The maximum atomic E-state index is 13.9. The molecule has 0 saturated carbocycles. The van der Waals surface area contributed by atoms with Crippen LogP contribution in [0.15, 0.2) is 30.6 Å². The summed E-state index contributed by atoms with van der Waals surface area (Å²) in [5.74, 6) is -0.213. The third-order valence-electron chi connectivity index (χ3n) is 2.15. The van der Waals surface area contributed by atoms with Crippen molar-refractivity contribution in [1.29, 1.82) is 0 Å². The minimum Gasteiger partial charge on any atom is -0.494 e. The number of aromatic nitrogens is 2. The molecule has 0 unspecified atom stereocenters. The molecular formula is C11H9FN2OS. The van der Waals surface area contributed by atoms with Crippen molar-refractivity contribution in [3.05, 3.63) is 41.1 Å². The van der Waals surface area contributed by atoms with E-state index in [1.54, 1.807) is 24.3 Å². The molecule has 0 aliphatic heterocycles. The number of halogens is 1. The first kappa shape index (κ1) is 10.8. The van der Waals surface area contributed by atoms with Gasteiger partial charge in [0.1, 0.15) is 4.64 Å². The zero-order valence-corrected chi connectivity index (χ0v) is 9.34. The number of hydrogen-bond donors (Lipinski definition) is 1. The van der Waals surface area contributed by atoms with Gasteiger partial charge >= 0.3 is 0 Å². The summed E-state index contributed by atoms with van der Waals surface area (Å²) in [6.07, 6.45) is 1.44. The van der Waals surface area contributed by atoms with Gasteiger partial charge in [0, 0.05) is 5.56 Å². The standard InChI is InChI=1S/C11H9FN2OS/c1-15-9-4-2-3-7(11(9)12)8-5-10(16)14-6-13-8/h2-6H,1H3,(H,13,14,16). The number of benzene rings is 1. The van der Waals surface area contributed by atoms with E-state index in [2.05, 4.69) is 9.97 Å². The highest BCUT2D eigenvalue weighted by atomic mass is 32.1. The molecular weight excluding hydrogens is 227 g/mol. The number of H-pyrrole nitrogens is 1. The fourth-order valence-corrected chi connectivity index (χ4v) is 1.57. The van der Waals surface area contributed by atoms with Gasteiger partial charge in [-0.3, -0.25) is 0 Å². The minimum absolute atomic E-state index is 0.202. The molecule has 0 atom stereocenters. The number of rotatable bonds is 2. The SMILES string of the molecule is COc1cccc(-c2cc(=S)nc[nH]2)c1F. The largest absolute Gasteiger partial charge is 0.494 e. The van der Waals surface area contributed by atoms with Crippen LogP contribution in [0, 0.1) is 10.5 Å². The molecule has 0 bridgehead atoms. The fraction of sp³-hybridized carbons (Fsp3) is 0.0909. The number of aromatic amines is 1. The van der Waals surface area contributed by atoms with E-state index in [4.69, 9.17) is 17.0 Å². The molecule has 1 N–H and O–H groups in total. The molecule has 16 heavy (non-hydrogen) atoms. The Balaban J connectivity index is 2.60. The van der Waals surface area contributed by atoms with Crippen molar-refractivity contribution in [3.8, 4) is 17.0 Å². The van der Waals surface area contributed by atoms with Crippen molar-refractivity contribution >= 4 is 12.2 Å². The summed E-state index contributed by atoms with van der Waals surface area (Å²) >= 11 is 4.92. The van der Waals surface area contributed by atoms with E-state index in [0.717, 1.165) is 0 Å². The molecule has 2 aromatic rings. The van der Waals surface area contributed by atoms with Gasteiger partial charge in [0.25, 0.3) is 0 Å². The zero-order chi connectivity index (χ0) is 11.5. The second-order valence-electron chi connectivity index (χ2n) is 3.12. The van der Waals surface area contributed by atoms with Gasteiger partial charge in [-0.15, -0.1) is 0 Å². The van der Waals surface area contributed by atoms with Crippen molar-refractivity contribution in [2.75, 3.05) is 7.11 Å². The quantitative estimate of drug-likeness (QED) is 0.815. The molecule has 5 heteroatoms. The van der Waals surface area contributed by atoms with E-state index in [-0.39, 0.29) is 5.75 Å². The minimum atomic E-state index is -0.415. The summed E-state index contributed by atoms with van der Waals surface area (Å²) in [5.41, 5.74) is 0.990. The lowest BCUT2D eigenvalue weighted by atomic mass is 10.1. The summed E-state index contributed by atoms with van der Waals surface area (Å²) in [6, 6.07) is 6.54. The van der Waals surface area contributed by atoms with Crippen molar-refractivity contribution in [1.82, 2.24) is 9.97 Å².